The fraction of sp³-hybridized carbons (Fsp3) is 0.222. The number of rotatable bonds is 7. The molecule has 0 radical (unpaired) electrons. The molecule has 0 saturated heterocycles. The molecule has 0 spiro atoms. The van der Waals surface area contributed by atoms with Crippen LogP contribution in [0.2, 0.25) is 0 Å². The molecule has 0 heterocycles. The van der Waals surface area contributed by atoms with Gasteiger partial charge in [0, 0.05) is 0 Å². The largest absolute Gasteiger partial charge is 0.497 e. The molecule has 9 heteroatoms. The maximum absolute atomic E-state index is 13.5. The lowest BCUT2D eigenvalue weighted by atomic mass is 10.2. The third-order valence-electron chi connectivity index (χ3n) is 3.47. The summed E-state index contributed by atoms with van der Waals surface area (Å²) in [6.07, 6.45) is -0.911. The number of amides is 2. The molecule has 2 amide bonds. The van der Waals surface area contributed by atoms with E-state index in [0.29, 0.717) is 17.6 Å². The normalized spacial score (nSPS) is 11.4. The highest BCUT2D eigenvalue weighted by atomic mass is 19.2. The average molecular weight is 382 g/mol. The molecule has 2 aromatic rings. The Morgan fingerprint density at radius 3 is 2.26 bits per heavy atom. The number of hydrogen-bond acceptors (Lipinski definition) is 4. The van der Waals surface area contributed by atoms with E-state index in [4.69, 9.17) is 9.47 Å². The molecule has 0 saturated carbocycles. The van der Waals surface area contributed by atoms with E-state index in [9.17, 15) is 22.8 Å². The molecule has 0 aliphatic heterocycles. The van der Waals surface area contributed by atoms with E-state index in [1.54, 1.807) is 24.3 Å². The summed E-state index contributed by atoms with van der Waals surface area (Å²) in [5, 5.41) is 4.34. The first-order valence-corrected chi connectivity index (χ1v) is 7.83. The third-order valence-corrected chi connectivity index (χ3v) is 3.47. The van der Waals surface area contributed by atoms with Crippen molar-refractivity contribution in [3.05, 3.63) is 53.8 Å². The molecule has 1 unspecified atom stereocenters. The van der Waals surface area contributed by atoms with E-state index in [1.165, 1.54) is 14.0 Å². The quantitative estimate of drug-likeness (QED) is 0.722. The molecule has 144 valence electrons. The highest BCUT2D eigenvalue weighted by molar-refractivity contribution is 5.95. The molecular weight excluding hydrogens is 365 g/mol. The molecule has 0 bridgehead atoms. The topological polar surface area (TPSA) is 76.7 Å². The molecule has 6 nitrogen and oxygen atoms in total. The highest BCUT2D eigenvalue weighted by Gasteiger charge is 2.18. The van der Waals surface area contributed by atoms with Crippen LogP contribution in [0.25, 0.3) is 0 Å². The summed E-state index contributed by atoms with van der Waals surface area (Å²) in [5.74, 6) is -4.95. The summed E-state index contributed by atoms with van der Waals surface area (Å²) >= 11 is 0. The zero-order valence-corrected chi connectivity index (χ0v) is 14.5. The van der Waals surface area contributed by atoms with Crippen molar-refractivity contribution in [1.82, 2.24) is 5.32 Å². The minimum atomic E-state index is -1.70. The van der Waals surface area contributed by atoms with Crippen LogP contribution < -0.4 is 20.1 Å². The van der Waals surface area contributed by atoms with Gasteiger partial charge in [-0.3, -0.25) is 9.59 Å². The van der Waals surface area contributed by atoms with Crippen molar-refractivity contribution in [3.63, 3.8) is 0 Å². The molecule has 27 heavy (non-hydrogen) atoms. The predicted molar refractivity (Wildman–Crippen MR) is 91.0 cm³/mol. The molecule has 1 atom stereocenters. The van der Waals surface area contributed by atoms with Gasteiger partial charge in [0.25, 0.3) is 5.91 Å². The van der Waals surface area contributed by atoms with Crippen molar-refractivity contribution in [1.29, 1.82) is 0 Å². The third kappa shape index (κ3) is 5.37. The van der Waals surface area contributed by atoms with Crippen molar-refractivity contribution >= 4 is 17.5 Å². The molecule has 0 aliphatic rings. The van der Waals surface area contributed by atoms with E-state index in [0.717, 1.165) is 6.07 Å². The maximum atomic E-state index is 13.5. The van der Waals surface area contributed by atoms with Crippen molar-refractivity contribution < 1.29 is 32.2 Å². The SMILES string of the molecule is COc1ccc(OC(C)C(=O)NCC(=O)Nc2ccc(F)c(F)c2F)cc1. The number of hydrogen-bond donors (Lipinski definition) is 2. The number of nitrogens with one attached hydrogen (secondary N) is 2. The van der Waals surface area contributed by atoms with Gasteiger partial charge in [0.05, 0.1) is 19.3 Å². The van der Waals surface area contributed by atoms with Gasteiger partial charge in [-0.15, -0.1) is 0 Å². The first-order chi connectivity index (χ1) is 12.8. The second-order valence-corrected chi connectivity index (χ2v) is 5.42. The van der Waals surface area contributed by atoms with Crippen LogP contribution in [0.5, 0.6) is 11.5 Å². The summed E-state index contributed by atoms with van der Waals surface area (Å²) < 4.78 is 49.9. The standard InChI is InChI=1S/C18H17F3N2O4/c1-10(27-12-5-3-11(26-2)4-6-12)18(25)22-9-15(24)23-14-8-7-13(19)16(20)17(14)21/h3-8,10H,9H2,1-2H3,(H,22,25)(H,23,24). The molecule has 2 rings (SSSR count). The van der Waals surface area contributed by atoms with Gasteiger partial charge in [-0.25, -0.2) is 13.2 Å². The first kappa shape index (κ1) is 20.1. The first-order valence-electron chi connectivity index (χ1n) is 7.83. The lowest BCUT2D eigenvalue weighted by Crippen LogP contribution is -2.40. The van der Waals surface area contributed by atoms with Gasteiger partial charge < -0.3 is 20.1 Å². The number of halogens is 3. The molecule has 0 fully saturated rings. The number of methoxy groups -OCH3 is 1. The molecule has 0 aliphatic carbocycles. The van der Waals surface area contributed by atoms with Crippen LogP contribution in [0.15, 0.2) is 36.4 Å². The number of ether oxygens (including phenoxy) is 2. The Hall–Kier alpha value is -3.23. The van der Waals surface area contributed by atoms with Crippen molar-refractivity contribution in [3.8, 4) is 11.5 Å². The van der Waals surface area contributed by atoms with Gasteiger partial charge in [-0.2, -0.15) is 0 Å². The summed E-state index contributed by atoms with van der Waals surface area (Å²) in [6, 6.07) is 8.09. The van der Waals surface area contributed by atoms with Gasteiger partial charge in [0.2, 0.25) is 5.91 Å². The second kappa shape index (κ2) is 8.93. The van der Waals surface area contributed by atoms with E-state index < -0.39 is 47.6 Å². The van der Waals surface area contributed by atoms with Crippen LogP contribution in [-0.2, 0) is 9.59 Å². The predicted octanol–water partition coefficient (Wildman–Crippen LogP) is 2.63. The summed E-state index contributed by atoms with van der Waals surface area (Å²) in [6.45, 7) is 0.972. The Bertz CT molecular complexity index is 828. The number of benzene rings is 2. The Labute approximate surface area is 153 Å². The van der Waals surface area contributed by atoms with Gasteiger partial charge >= 0.3 is 0 Å². The van der Waals surface area contributed by atoms with E-state index >= 15 is 0 Å². The maximum Gasteiger partial charge on any atom is 0.261 e. The van der Waals surface area contributed by atoms with Crippen molar-refractivity contribution in [2.24, 2.45) is 0 Å². The van der Waals surface area contributed by atoms with Crippen molar-refractivity contribution in [2.45, 2.75) is 13.0 Å². The zero-order chi connectivity index (χ0) is 20.0. The van der Waals surface area contributed by atoms with Crippen LogP contribution in [0.4, 0.5) is 18.9 Å². The minimum absolute atomic E-state index is 0.423. The van der Waals surface area contributed by atoms with Gasteiger partial charge in [0.1, 0.15) is 11.5 Å². The molecule has 0 aromatic heterocycles. The zero-order valence-electron chi connectivity index (χ0n) is 14.5. The molecular formula is C18H17F3N2O4. The Morgan fingerprint density at radius 1 is 1.00 bits per heavy atom. The average Bonchev–Trinajstić information content (AvgIpc) is 2.67. The van der Waals surface area contributed by atoms with Crippen LogP contribution in [0, 0.1) is 17.5 Å². The van der Waals surface area contributed by atoms with Crippen LogP contribution >= 0.6 is 0 Å². The van der Waals surface area contributed by atoms with Crippen molar-refractivity contribution in [2.75, 3.05) is 19.0 Å². The van der Waals surface area contributed by atoms with E-state index in [2.05, 4.69) is 5.32 Å². The second-order valence-electron chi connectivity index (χ2n) is 5.42. The Kier molecular flexibility index (Phi) is 6.64. The molecule has 2 N–H and O–H groups in total. The summed E-state index contributed by atoms with van der Waals surface area (Å²) in [7, 11) is 1.52. The molecule has 2 aromatic carbocycles. The van der Waals surface area contributed by atoms with Crippen LogP contribution in [0.3, 0.4) is 0 Å². The lowest BCUT2D eigenvalue weighted by Gasteiger charge is -2.15. The lowest BCUT2D eigenvalue weighted by molar-refractivity contribution is -0.129. The van der Waals surface area contributed by atoms with Crippen LogP contribution in [0.1, 0.15) is 6.92 Å². The van der Waals surface area contributed by atoms with E-state index in [1.807, 2.05) is 5.32 Å². The monoisotopic (exact) mass is 382 g/mol. The number of carbonyl (C=O) groups excluding carboxylic acids is 2. The van der Waals surface area contributed by atoms with Crippen LogP contribution in [-0.4, -0.2) is 31.6 Å². The van der Waals surface area contributed by atoms with Gasteiger partial charge in [0.15, 0.2) is 23.6 Å². The summed E-state index contributed by atoms with van der Waals surface area (Å²) in [5.41, 5.74) is -0.532. The number of anilines is 1. The highest BCUT2D eigenvalue weighted by Crippen LogP contribution is 2.20. The van der Waals surface area contributed by atoms with Gasteiger partial charge in [-0.05, 0) is 43.3 Å². The fourth-order valence-corrected chi connectivity index (χ4v) is 2.04. The number of carbonyl (C=O) groups is 2. The van der Waals surface area contributed by atoms with E-state index in [-0.39, 0.29) is 0 Å². The minimum Gasteiger partial charge on any atom is -0.497 e. The smallest absolute Gasteiger partial charge is 0.261 e. The Morgan fingerprint density at radius 2 is 1.63 bits per heavy atom. The van der Waals surface area contributed by atoms with Gasteiger partial charge in [-0.1, -0.05) is 0 Å². The Balaban J connectivity index is 1.85. The fourth-order valence-electron chi connectivity index (χ4n) is 2.04. The summed E-state index contributed by atoms with van der Waals surface area (Å²) in [4.78, 5) is 23.7.